The number of nitrogens with one attached hydrogen (secondary N) is 1. The number of aromatic amines is 1. The Labute approximate surface area is 146 Å². The molecule has 1 amide bonds. The first kappa shape index (κ1) is 15.3. The molecule has 1 atom stereocenters. The zero-order valence-corrected chi connectivity index (χ0v) is 14.3. The first-order valence-corrected chi connectivity index (χ1v) is 8.62. The van der Waals surface area contributed by atoms with E-state index in [1.165, 1.54) is 22.2 Å². The topological polar surface area (TPSA) is 36.1 Å². The van der Waals surface area contributed by atoms with Crippen LogP contribution in [0.4, 0.5) is 0 Å². The van der Waals surface area contributed by atoms with Crippen LogP contribution in [0.1, 0.15) is 28.0 Å². The van der Waals surface area contributed by atoms with Crippen LogP contribution in [0, 0.1) is 0 Å². The highest BCUT2D eigenvalue weighted by atomic mass is 35.5. The van der Waals surface area contributed by atoms with E-state index in [-0.39, 0.29) is 11.9 Å². The fourth-order valence-corrected chi connectivity index (χ4v) is 3.77. The summed E-state index contributed by atoms with van der Waals surface area (Å²) in [7, 11) is 1.90. The normalized spacial score (nSPS) is 16.8. The number of H-pyrrole nitrogens is 1. The van der Waals surface area contributed by atoms with Gasteiger partial charge in [0.05, 0.1) is 0 Å². The maximum atomic E-state index is 12.7. The van der Waals surface area contributed by atoms with Gasteiger partial charge in [-0.15, -0.1) is 0 Å². The van der Waals surface area contributed by atoms with Crippen molar-refractivity contribution in [3.8, 4) is 0 Å². The van der Waals surface area contributed by atoms with Gasteiger partial charge in [-0.1, -0.05) is 29.8 Å². The summed E-state index contributed by atoms with van der Waals surface area (Å²) in [5.41, 5.74) is 4.55. The highest BCUT2D eigenvalue weighted by Gasteiger charge is 2.27. The molecule has 1 aliphatic carbocycles. The SMILES string of the molecule is CN(C(=O)c1ccc(Cl)cc1)C1CCc2[nH]c3ccccc3c2C1. The van der Waals surface area contributed by atoms with E-state index in [9.17, 15) is 4.79 Å². The third-order valence-electron chi connectivity index (χ3n) is 5.03. The van der Waals surface area contributed by atoms with E-state index in [0.717, 1.165) is 19.3 Å². The van der Waals surface area contributed by atoms with E-state index in [2.05, 4.69) is 29.2 Å². The molecule has 4 rings (SSSR count). The van der Waals surface area contributed by atoms with Gasteiger partial charge < -0.3 is 9.88 Å². The lowest BCUT2D eigenvalue weighted by atomic mass is 9.90. The van der Waals surface area contributed by atoms with Gasteiger partial charge in [0.1, 0.15) is 0 Å². The Morgan fingerprint density at radius 2 is 1.92 bits per heavy atom. The Bertz CT molecular complexity index is 898. The van der Waals surface area contributed by atoms with Crippen LogP contribution < -0.4 is 0 Å². The van der Waals surface area contributed by atoms with Crippen molar-refractivity contribution >= 4 is 28.4 Å². The van der Waals surface area contributed by atoms with Crippen molar-refractivity contribution in [1.29, 1.82) is 0 Å². The molecule has 4 heteroatoms. The van der Waals surface area contributed by atoms with Gasteiger partial charge >= 0.3 is 0 Å². The number of para-hydroxylation sites is 1. The van der Waals surface area contributed by atoms with Crippen molar-refractivity contribution < 1.29 is 4.79 Å². The predicted molar refractivity (Wildman–Crippen MR) is 97.7 cm³/mol. The molecule has 122 valence electrons. The number of benzene rings is 2. The van der Waals surface area contributed by atoms with Gasteiger partial charge in [0.25, 0.3) is 5.91 Å². The fourth-order valence-electron chi connectivity index (χ4n) is 3.64. The number of carbonyl (C=O) groups is 1. The molecule has 0 aliphatic heterocycles. The van der Waals surface area contributed by atoms with Gasteiger partial charge in [0, 0.05) is 40.3 Å². The van der Waals surface area contributed by atoms with E-state index in [1.54, 1.807) is 24.3 Å². The van der Waals surface area contributed by atoms with Gasteiger partial charge in [-0.05, 0) is 55.2 Å². The van der Waals surface area contributed by atoms with Crippen LogP contribution in [-0.2, 0) is 12.8 Å². The van der Waals surface area contributed by atoms with Crippen molar-refractivity contribution in [2.24, 2.45) is 0 Å². The van der Waals surface area contributed by atoms with Crippen molar-refractivity contribution in [2.75, 3.05) is 7.05 Å². The molecule has 1 unspecified atom stereocenters. The maximum absolute atomic E-state index is 12.7. The highest BCUT2D eigenvalue weighted by Crippen LogP contribution is 2.31. The molecule has 1 heterocycles. The monoisotopic (exact) mass is 338 g/mol. The molecule has 24 heavy (non-hydrogen) atoms. The molecule has 3 nitrogen and oxygen atoms in total. The smallest absolute Gasteiger partial charge is 0.253 e. The van der Waals surface area contributed by atoms with E-state index in [4.69, 9.17) is 11.6 Å². The van der Waals surface area contributed by atoms with E-state index < -0.39 is 0 Å². The molecule has 0 bridgehead atoms. The van der Waals surface area contributed by atoms with Crippen molar-refractivity contribution in [1.82, 2.24) is 9.88 Å². The molecule has 0 saturated heterocycles. The second-order valence-corrected chi connectivity index (χ2v) is 6.88. The quantitative estimate of drug-likeness (QED) is 0.736. The Balaban J connectivity index is 1.59. The van der Waals surface area contributed by atoms with Crippen molar-refractivity contribution in [2.45, 2.75) is 25.3 Å². The van der Waals surface area contributed by atoms with Crippen LogP contribution >= 0.6 is 11.6 Å². The van der Waals surface area contributed by atoms with Crippen LogP contribution in [0.5, 0.6) is 0 Å². The summed E-state index contributed by atoms with van der Waals surface area (Å²) in [6.07, 6.45) is 2.86. The van der Waals surface area contributed by atoms with Gasteiger partial charge in [-0.25, -0.2) is 0 Å². The minimum absolute atomic E-state index is 0.0555. The number of hydrogen-bond donors (Lipinski definition) is 1. The van der Waals surface area contributed by atoms with E-state index in [0.29, 0.717) is 10.6 Å². The van der Waals surface area contributed by atoms with Crippen LogP contribution in [0.25, 0.3) is 10.9 Å². The predicted octanol–water partition coefficient (Wildman–Crippen LogP) is 4.45. The number of fused-ring (bicyclic) bond motifs is 3. The molecule has 1 aliphatic rings. The Morgan fingerprint density at radius 3 is 2.71 bits per heavy atom. The number of likely N-dealkylation sites (N-methyl/N-ethyl adjacent to an activating group) is 1. The number of hydrogen-bond acceptors (Lipinski definition) is 1. The van der Waals surface area contributed by atoms with E-state index >= 15 is 0 Å². The zero-order valence-electron chi connectivity index (χ0n) is 13.6. The standard InChI is InChI=1S/C20H19ClN2O/c1-23(20(24)13-6-8-14(21)9-7-13)15-10-11-19-17(12-15)16-4-2-3-5-18(16)22-19/h2-9,15,22H,10-12H2,1H3. The third kappa shape index (κ3) is 2.59. The number of aryl methyl sites for hydroxylation is 1. The fraction of sp³-hybridized carbons (Fsp3) is 0.250. The lowest BCUT2D eigenvalue weighted by Gasteiger charge is -2.31. The summed E-state index contributed by atoms with van der Waals surface area (Å²) in [4.78, 5) is 18.2. The van der Waals surface area contributed by atoms with E-state index in [1.807, 2.05) is 11.9 Å². The Morgan fingerprint density at radius 1 is 1.17 bits per heavy atom. The average molecular weight is 339 g/mol. The summed E-state index contributed by atoms with van der Waals surface area (Å²) in [5, 5.41) is 1.93. The molecule has 0 spiro atoms. The lowest BCUT2D eigenvalue weighted by molar-refractivity contribution is 0.0719. The van der Waals surface area contributed by atoms with Crippen LogP contribution in [0.3, 0.4) is 0 Å². The number of nitrogens with zero attached hydrogens (tertiary/aromatic N) is 1. The minimum atomic E-state index is 0.0555. The number of amides is 1. The second-order valence-electron chi connectivity index (χ2n) is 6.45. The molecular formula is C20H19ClN2O. The van der Waals surface area contributed by atoms with Gasteiger partial charge in [0.2, 0.25) is 0 Å². The minimum Gasteiger partial charge on any atom is -0.358 e. The molecule has 0 fully saturated rings. The van der Waals surface area contributed by atoms with Crippen LogP contribution in [-0.4, -0.2) is 28.9 Å². The Kier molecular flexibility index (Phi) is 3.81. The average Bonchev–Trinajstić information content (AvgIpc) is 2.99. The maximum Gasteiger partial charge on any atom is 0.253 e. The highest BCUT2D eigenvalue weighted by molar-refractivity contribution is 6.30. The van der Waals surface area contributed by atoms with Crippen LogP contribution in [0.15, 0.2) is 48.5 Å². The molecule has 1 aromatic heterocycles. The Hall–Kier alpha value is -2.26. The first-order chi connectivity index (χ1) is 11.6. The second kappa shape index (κ2) is 5.99. The summed E-state index contributed by atoms with van der Waals surface area (Å²) >= 11 is 5.92. The van der Waals surface area contributed by atoms with Crippen molar-refractivity contribution in [3.05, 3.63) is 70.4 Å². The van der Waals surface area contributed by atoms with Crippen LogP contribution in [0.2, 0.25) is 5.02 Å². The van der Waals surface area contributed by atoms with Gasteiger partial charge in [0.15, 0.2) is 0 Å². The molecule has 0 radical (unpaired) electrons. The summed E-state index contributed by atoms with van der Waals surface area (Å²) < 4.78 is 0. The molecular weight excluding hydrogens is 320 g/mol. The number of carbonyl (C=O) groups excluding carboxylic acids is 1. The van der Waals surface area contributed by atoms with Gasteiger partial charge in [-0.2, -0.15) is 0 Å². The largest absolute Gasteiger partial charge is 0.358 e. The summed E-state index contributed by atoms with van der Waals surface area (Å²) in [6.45, 7) is 0. The molecule has 3 aromatic rings. The van der Waals surface area contributed by atoms with Crippen molar-refractivity contribution in [3.63, 3.8) is 0 Å². The lowest BCUT2D eigenvalue weighted by Crippen LogP contribution is -2.40. The summed E-state index contributed by atoms with van der Waals surface area (Å²) in [5.74, 6) is 0.0555. The molecule has 2 aromatic carbocycles. The zero-order chi connectivity index (χ0) is 16.7. The molecule has 0 saturated carbocycles. The summed E-state index contributed by atoms with van der Waals surface area (Å²) in [6, 6.07) is 15.7. The number of aromatic nitrogens is 1. The van der Waals surface area contributed by atoms with Gasteiger partial charge in [-0.3, -0.25) is 4.79 Å². The number of rotatable bonds is 2. The molecule has 1 N–H and O–H groups in total. The first-order valence-electron chi connectivity index (χ1n) is 8.24. The number of halogens is 1. The third-order valence-corrected chi connectivity index (χ3v) is 5.28.